The Hall–Kier alpha value is -0.900. The van der Waals surface area contributed by atoms with Gasteiger partial charge in [-0.1, -0.05) is 6.08 Å². The van der Waals surface area contributed by atoms with Gasteiger partial charge >= 0.3 is 0 Å². The molecule has 0 aromatic heterocycles. The highest BCUT2D eigenvalue weighted by atomic mass is 19.1. The zero-order valence-electron chi connectivity index (χ0n) is 11.0. The molecular weight excluding hydrogens is 219 g/mol. The van der Waals surface area contributed by atoms with Gasteiger partial charge in [0, 0.05) is 24.7 Å². The number of halogens is 1. The van der Waals surface area contributed by atoms with Gasteiger partial charge in [0.2, 0.25) is 5.91 Å². The molecule has 0 aliphatic carbocycles. The number of nitrogens with zero attached hydrogens (tertiary/aromatic N) is 1. The second-order valence-electron chi connectivity index (χ2n) is 5.64. The molecule has 1 N–H and O–H groups in total. The number of carbonyl (C=O) groups excluding carboxylic acids is 1. The summed E-state index contributed by atoms with van der Waals surface area (Å²) in [5, 5.41) is 2.85. The summed E-state index contributed by atoms with van der Waals surface area (Å²) in [5.41, 5.74) is -0.212. The first-order valence-electron chi connectivity index (χ1n) is 6.22. The van der Waals surface area contributed by atoms with Gasteiger partial charge in [0.05, 0.1) is 0 Å². The van der Waals surface area contributed by atoms with Crippen LogP contribution in [0.1, 0.15) is 33.6 Å². The fourth-order valence-electron chi connectivity index (χ4n) is 1.89. The highest BCUT2D eigenvalue weighted by Gasteiger charge is 2.17. The molecule has 1 saturated heterocycles. The van der Waals surface area contributed by atoms with Gasteiger partial charge in [-0.25, -0.2) is 4.39 Å². The van der Waals surface area contributed by atoms with Gasteiger partial charge in [-0.2, -0.15) is 0 Å². The Labute approximate surface area is 103 Å². The molecule has 1 unspecified atom stereocenters. The summed E-state index contributed by atoms with van der Waals surface area (Å²) in [6.07, 6.45) is 4.21. The lowest BCUT2D eigenvalue weighted by atomic mass is 10.1. The number of nitrogens with one attached hydrogen (secondary N) is 1. The first-order valence-corrected chi connectivity index (χ1v) is 6.22. The zero-order valence-corrected chi connectivity index (χ0v) is 11.0. The summed E-state index contributed by atoms with van der Waals surface area (Å²) in [5.74, 6) is -0.0914. The highest BCUT2D eigenvalue weighted by Crippen LogP contribution is 2.12. The fourth-order valence-corrected chi connectivity index (χ4v) is 1.89. The van der Waals surface area contributed by atoms with E-state index in [-0.39, 0.29) is 11.4 Å². The van der Waals surface area contributed by atoms with Crippen LogP contribution < -0.4 is 5.32 Å². The van der Waals surface area contributed by atoms with E-state index in [0.29, 0.717) is 19.5 Å². The average molecular weight is 242 g/mol. The van der Waals surface area contributed by atoms with Crippen molar-refractivity contribution in [3.63, 3.8) is 0 Å². The molecule has 0 bridgehead atoms. The van der Waals surface area contributed by atoms with Crippen LogP contribution in [0.2, 0.25) is 0 Å². The third-order valence-electron chi connectivity index (χ3n) is 2.58. The van der Waals surface area contributed by atoms with Crippen molar-refractivity contribution in [3.8, 4) is 0 Å². The Bertz CT molecular complexity index is 284. The van der Waals surface area contributed by atoms with E-state index in [0.717, 1.165) is 13.0 Å². The van der Waals surface area contributed by atoms with Crippen molar-refractivity contribution in [2.24, 2.45) is 0 Å². The molecular formula is C13H23FN2O. The molecule has 98 valence electrons. The molecule has 1 rings (SSSR count). The number of carbonyl (C=O) groups is 1. The molecule has 0 saturated carbocycles. The maximum Gasteiger partial charge on any atom is 0.244 e. The molecule has 0 spiro atoms. The van der Waals surface area contributed by atoms with Crippen molar-refractivity contribution in [2.45, 2.75) is 45.3 Å². The minimum atomic E-state index is -0.708. The number of hydrogen-bond donors (Lipinski definition) is 1. The van der Waals surface area contributed by atoms with Crippen LogP contribution >= 0.6 is 0 Å². The molecule has 1 aliphatic rings. The molecule has 4 heteroatoms. The maximum atomic E-state index is 13.1. The minimum Gasteiger partial charge on any atom is -0.348 e. The number of amides is 1. The summed E-state index contributed by atoms with van der Waals surface area (Å²) in [6.45, 7) is 7.89. The Morgan fingerprint density at radius 2 is 2.24 bits per heavy atom. The monoisotopic (exact) mass is 242 g/mol. The molecule has 1 atom stereocenters. The lowest BCUT2D eigenvalue weighted by Crippen LogP contribution is -2.40. The van der Waals surface area contributed by atoms with Gasteiger partial charge in [0.1, 0.15) is 6.17 Å². The topological polar surface area (TPSA) is 32.3 Å². The Morgan fingerprint density at radius 3 is 2.82 bits per heavy atom. The standard InChI is InChI=1S/C13H23FN2O/c1-13(2,3)15-12(17)7-5-9-16-8-4-6-11(14)10-16/h5,7,11H,4,6,8-10H2,1-3H3,(H,15,17)/b7-5+. The quantitative estimate of drug-likeness (QED) is 0.767. The van der Waals surface area contributed by atoms with Gasteiger partial charge < -0.3 is 5.32 Å². The van der Waals surface area contributed by atoms with Crippen LogP contribution in [0.25, 0.3) is 0 Å². The van der Waals surface area contributed by atoms with E-state index in [4.69, 9.17) is 0 Å². The van der Waals surface area contributed by atoms with Gasteiger partial charge in [0.25, 0.3) is 0 Å². The Kier molecular flexibility index (Phi) is 5.12. The van der Waals surface area contributed by atoms with E-state index >= 15 is 0 Å². The molecule has 0 aromatic carbocycles. The number of hydrogen-bond acceptors (Lipinski definition) is 2. The molecule has 1 heterocycles. The number of rotatable bonds is 3. The fraction of sp³-hybridized carbons (Fsp3) is 0.769. The highest BCUT2D eigenvalue weighted by molar-refractivity contribution is 5.87. The van der Waals surface area contributed by atoms with Gasteiger partial charge in [-0.3, -0.25) is 9.69 Å². The smallest absolute Gasteiger partial charge is 0.244 e. The minimum absolute atomic E-state index is 0.0914. The number of piperidine rings is 1. The van der Waals surface area contributed by atoms with Crippen molar-refractivity contribution >= 4 is 5.91 Å². The van der Waals surface area contributed by atoms with Crippen molar-refractivity contribution in [1.82, 2.24) is 10.2 Å². The Morgan fingerprint density at radius 1 is 1.53 bits per heavy atom. The zero-order chi connectivity index (χ0) is 12.9. The number of alkyl halides is 1. The van der Waals surface area contributed by atoms with Crippen LogP contribution in [0.5, 0.6) is 0 Å². The van der Waals surface area contributed by atoms with Crippen molar-refractivity contribution < 1.29 is 9.18 Å². The van der Waals surface area contributed by atoms with Crippen LogP contribution in [-0.4, -0.2) is 42.2 Å². The molecule has 1 amide bonds. The summed E-state index contributed by atoms with van der Waals surface area (Å²) in [4.78, 5) is 13.5. The van der Waals surface area contributed by atoms with Gasteiger partial charge in [0.15, 0.2) is 0 Å². The molecule has 17 heavy (non-hydrogen) atoms. The Balaban J connectivity index is 2.27. The molecule has 1 fully saturated rings. The second kappa shape index (κ2) is 6.15. The first kappa shape index (κ1) is 14.2. The predicted octanol–water partition coefficient (Wildman–Crippen LogP) is 1.89. The molecule has 0 radical (unpaired) electrons. The third-order valence-corrected chi connectivity index (χ3v) is 2.58. The van der Waals surface area contributed by atoms with Crippen LogP contribution in [0.3, 0.4) is 0 Å². The molecule has 3 nitrogen and oxygen atoms in total. The van der Waals surface area contributed by atoms with Crippen molar-refractivity contribution in [1.29, 1.82) is 0 Å². The average Bonchev–Trinajstić information content (AvgIpc) is 2.14. The lowest BCUT2D eigenvalue weighted by Gasteiger charge is -2.27. The maximum absolute atomic E-state index is 13.1. The summed E-state index contributed by atoms with van der Waals surface area (Å²) < 4.78 is 13.1. The second-order valence-corrected chi connectivity index (χ2v) is 5.64. The summed E-state index contributed by atoms with van der Waals surface area (Å²) >= 11 is 0. The van der Waals surface area contributed by atoms with E-state index in [9.17, 15) is 9.18 Å². The van der Waals surface area contributed by atoms with E-state index in [2.05, 4.69) is 5.32 Å². The normalized spacial score (nSPS) is 22.9. The summed E-state index contributed by atoms with van der Waals surface area (Å²) in [7, 11) is 0. The SMILES string of the molecule is CC(C)(C)NC(=O)/C=C/CN1CCCC(F)C1. The van der Waals surface area contributed by atoms with Crippen molar-refractivity contribution in [3.05, 3.63) is 12.2 Å². The van der Waals surface area contributed by atoms with E-state index in [1.54, 1.807) is 6.08 Å². The van der Waals surface area contributed by atoms with Crippen LogP contribution in [-0.2, 0) is 4.79 Å². The molecule has 1 aliphatic heterocycles. The van der Waals surface area contributed by atoms with Crippen LogP contribution in [0.4, 0.5) is 4.39 Å². The molecule has 0 aromatic rings. The van der Waals surface area contributed by atoms with Crippen LogP contribution in [0.15, 0.2) is 12.2 Å². The van der Waals surface area contributed by atoms with Crippen molar-refractivity contribution in [2.75, 3.05) is 19.6 Å². The predicted molar refractivity (Wildman–Crippen MR) is 67.6 cm³/mol. The largest absolute Gasteiger partial charge is 0.348 e. The summed E-state index contributed by atoms with van der Waals surface area (Å²) in [6, 6.07) is 0. The number of likely N-dealkylation sites (tertiary alicyclic amines) is 1. The lowest BCUT2D eigenvalue weighted by molar-refractivity contribution is -0.117. The van der Waals surface area contributed by atoms with E-state index in [1.807, 2.05) is 25.7 Å². The first-order chi connectivity index (χ1) is 7.87. The van der Waals surface area contributed by atoms with Gasteiger partial charge in [-0.15, -0.1) is 0 Å². The van der Waals surface area contributed by atoms with Crippen LogP contribution in [0, 0.1) is 0 Å². The van der Waals surface area contributed by atoms with E-state index < -0.39 is 6.17 Å². The van der Waals surface area contributed by atoms with E-state index in [1.165, 1.54) is 6.08 Å². The third kappa shape index (κ3) is 6.41. The van der Waals surface area contributed by atoms with Gasteiger partial charge in [-0.05, 0) is 40.2 Å².